The van der Waals surface area contributed by atoms with Crippen molar-refractivity contribution in [3.8, 4) is 0 Å². The summed E-state index contributed by atoms with van der Waals surface area (Å²) in [6.07, 6.45) is 2.15. The minimum atomic E-state index is -0.0300. The van der Waals surface area contributed by atoms with Gasteiger partial charge in [-0.1, -0.05) is 65.3 Å². The summed E-state index contributed by atoms with van der Waals surface area (Å²) in [5.41, 5.74) is 4.59. The molecule has 0 aromatic heterocycles. The van der Waals surface area contributed by atoms with Crippen molar-refractivity contribution in [1.82, 2.24) is 10.2 Å². The first-order valence-electron chi connectivity index (χ1n) is 10.8. The molecule has 1 amide bonds. The van der Waals surface area contributed by atoms with E-state index in [0.717, 1.165) is 30.9 Å². The summed E-state index contributed by atoms with van der Waals surface area (Å²) in [5, 5.41) is 4.15. The van der Waals surface area contributed by atoms with E-state index in [1.807, 2.05) is 30.3 Å². The number of allylic oxidation sites excluding steroid dienone is 1. The Balaban J connectivity index is 1.06. The Hall–Kier alpha value is -1.48. The summed E-state index contributed by atoms with van der Waals surface area (Å²) in [6, 6.07) is 14.0. The molecule has 2 aliphatic heterocycles. The monoisotopic (exact) mass is 519 g/mol. The number of halogens is 2. The highest BCUT2D eigenvalue weighted by Gasteiger charge is 2.30. The van der Waals surface area contributed by atoms with Crippen molar-refractivity contribution in [3.05, 3.63) is 74.1 Å². The van der Waals surface area contributed by atoms with E-state index in [-0.39, 0.29) is 16.7 Å². The highest BCUT2D eigenvalue weighted by atomic mass is 35.5. The topological polar surface area (TPSA) is 53.9 Å². The molecule has 2 heterocycles. The fourth-order valence-electron chi connectivity index (χ4n) is 4.08. The summed E-state index contributed by atoms with van der Waals surface area (Å²) >= 11 is 15.4. The fraction of sp³-hybridized carbons (Fsp3) is 0.333. The van der Waals surface area contributed by atoms with Gasteiger partial charge in [0.1, 0.15) is 4.71 Å². The summed E-state index contributed by atoms with van der Waals surface area (Å²) in [7, 11) is 0. The highest BCUT2D eigenvalue weighted by Crippen LogP contribution is 2.44. The second-order valence-electron chi connectivity index (χ2n) is 8.09. The Morgan fingerprint density at radius 2 is 2.12 bits per heavy atom. The smallest absolute Gasteiger partial charge is 0.230 e. The van der Waals surface area contributed by atoms with Crippen molar-refractivity contribution in [2.45, 2.75) is 17.4 Å². The predicted molar refractivity (Wildman–Crippen MR) is 139 cm³/mol. The number of morpholine rings is 1. The first-order valence-corrected chi connectivity index (χ1v) is 13.5. The Bertz CT molecular complexity index is 1120. The van der Waals surface area contributed by atoms with Crippen LogP contribution in [0.15, 0.2) is 52.4 Å². The molecular weight excluding hydrogens is 497 g/mol. The maximum atomic E-state index is 12.4. The lowest BCUT2D eigenvalue weighted by Gasteiger charge is -2.33. The Morgan fingerprint density at radius 3 is 3.00 bits per heavy atom. The van der Waals surface area contributed by atoms with Gasteiger partial charge < -0.3 is 10.1 Å². The van der Waals surface area contributed by atoms with Crippen molar-refractivity contribution in [2.75, 3.05) is 32.0 Å². The van der Waals surface area contributed by atoms with Crippen LogP contribution in [0.3, 0.4) is 0 Å². The number of ether oxygens (including phenoxy) is 1. The molecule has 33 heavy (non-hydrogen) atoms. The Kier molecular flexibility index (Phi) is 7.35. The molecule has 3 aliphatic rings. The number of nitrogens with one attached hydrogen (secondary N) is 1. The summed E-state index contributed by atoms with van der Waals surface area (Å²) in [5.74, 6) is 0.390. The number of benzene rings is 2. The minimum Gasteiger partial charge on any atom is -0.374 e. The van der Waals surface area contributed by atoms with Gasteiger partial charge in [-0.15, -0.1) is 11.8 Å². The third-order valence-electron chi connectivity index (χ3n) is 5.70. The van der Waals surface area contributed by atoms with Gasteiger partial charge in [-0.2, -0.15) is 0 Å². The van der Waals surface area contributed by atoms with Crippen LogP contribution in [0.5, 0.6) is 0 Å². The third-order valence-corrected chi connectivity index (χ3v) is 8.82. The van der Waals surface area contributed by atoms with E-state index in [4.69, 9.17) is 32.9 Å². The molecule has 1 aliphatic carbocycles. The first kappa shape index (κ1) is 23.3. The Morgan fingerprint density at radius 1 is 1.24 bits per heavy atom. The predicted octanol–water partition coefficient (Wildman–Crippen LogP) is 4.92. The van der Waals surface area contributed by atoms with Crippen LogP contribution in [0.25, 0.3) is 6.08 Å². The molecule has 2 aromatic rings. The van der Waals surface area contributed by atoms with Crippen LogP contribution in [-0.2, 0) is 16.1 Å². The maximum absolute atomic E-state index is 12.4. The highest BCUT2D eigenvalue weighted by molar-refractivity contribution is 8.19. The average Bonchev–Trinajstić information content (AvgIpc) is 3.37. The first-order chi connectivity index (χ1) is 16.0. The van der Waals surface area contributed by atoms with Crippen LogP contribution in [0, 0.1) is 0 Å². The zero-order valence-corrected chi connectivity index (χ0v) is 20.9. The quantitative estimate of drug-likeness (QED) is 0.562. The van der Waals surface area contributed by atoms with Gasteiger partial charge in [0, 0.05) is 36.6 Å². The molecule has 0 bridgehead atoms. The largest absolute Gasteiger partial charge is 0.374 e. The van der Waals surface area contributed by atoms with Crippen molar-refractivity contribution < 1.29 is 9.53 Å². The number of hydrogen-bond donors (Lipinski definition) is 1. The summed E-state index contributed by atoms with van der Waals surface area (Å²) in [4.78, 5) is 20.8. The van der Waals surface area contributed by atoms with Gasteiger partial charge in [0.25, 0.3) is 0 Å². The van der Waals surface area contributed by atoms with Gasteiger partial charge in [-0.25, -0.2) is 0 Å². The number of amides is 1. The maximum Gasteiger partial charge on any atom is 0.230 e. The second kappa shape index (κ2) is 10.4. The molecule has 9 heteroatoms. The summed E-state index contributed by atoms with van der Waals surface area (Å²) < 4.78 is 5.88. The second-order valence-corrected chi connectivity index (χ2v) is 11.4. The van der Waals surface area contributed by atoms with E-state index in [0.29, 0.717) is 28.9 Å². The van der Waals surface area contributed by atoms with E-state index < -0.39 is 0 Å². The van der Waals surface area contributed by atoms with E-state index in [2.05, 4.69) is 28.4 Å². The van der Waals surface area contributed by atoms with Crippen molar-refractivity contribution >= 4 is 64.4 Å². The number of nitrogens with zero attached hydrogens (tertiary/aromatic N) is 2. The lowest BCUT2D eigenvalue weighted by atomic mass is 10.1. The van der Waals surface area contributed by atoms with Crippen LogP contribution < -0.4 is 5.32 Å². The van der Waals surface area contributed by atoms with Crippen LogP contribution in [0.4, 0.5) is 0 Å². The lowest BCUT2D eigenvalue weighted by Crippen LogP contribution is -2.47. The number of carbonyl (C=O) groups excluding carboxylic acids is 1. The lowest BCUT2D eigenvalue weighted by molar-refractivity contribution is -0.119. The zero-order valence-electron chi connectivity index (χ0n) is 17.8. The van der Waals surface area contributed by atoms with E-state index in [1.165, 1.54) is 16.0 Å². The average molecular weight is 521 g/mol. The molecule has 2 aromatic carbocycles. The normalized spacial score (nSPS) is 21.9. The fourth-order valence-corrected chi connectivity index (χ4v) is 6.61. The van der Waals surface area contributed by atoms with Gasteiger partial charge >= 0.3 is 0 Å². The van der Waals surface area contributed by atoms with Crippen molar-refractivity contribution in [1.29, 1.82) is 0 Å². The molecule has 5 nitrogen and oxygen atoms in total. The van der Waals surface area contributed by atoms with Crippen molar-refractivity contribution in [3.63, 3.8) is 0 Å². The number of hydrogen-bond acceptors (Lipinski definition) is 6. The van der Waals surface area contributed by atoms with Crippen LogP contribution in [0.2, 0.25) is 10.0 Å². The number of fused-ring (bicyclic) bond motifs is 3. The molecule has 1 N–H and O–H groups in total. The molecule has 2 unspecified atom stereocenters. The van der Waals surface area contributed by atoms with Crippen LogP contribution in [0.1, 0.15) is 16.7 Å². The molecule has 0 radical (unpaired) electrons. The molecule has 5 rings (SSSR count). The van der Waals surface area contributed by atoms with Gasteiger partial charge in [-0.3, -0.25) is 14.7 Å². The van der Waals surface area contributed by atoms with E-state index >= 15 is 0 Å². The van der Waals surface area contributed by atoms with Gasteiger partial charge in [0.05, 0.1) is 34.2 Å². The minimum absolute atomic E-state index is 0.0115. The van der Waals surface area contributed by atoms with E-state index in [1.54, 1.807) is 23.5 Å². The molecule has 172 valence electrons. The third kappa shape index (κ3) is 5.61. The molecule has 1 fully saturated rings. The van der Waals surface area contributed by atoms with Crippen LogP contribution in [-0.4, -0.2) is 59.3 Å². The van der Waals surface area contributed by atoms with Gasteiger partial charge in [-0.05, 0) is 29.3 Å². The number of carbonyl (C=O) groups is 1. The molecule has 0 saturated carbocycles. The van der Waals surface area contributed by atoms with Crippen molar-refractivity contribution in [2.24, 2.45) is 4.99 Å². The zero-order chi connectivity index (χ0) is 22.8. The number of rotatable bonds is 7. The van der Waals surface area contributed by atoms with E-state index in [9.17, 15) is 4.79 Å². The standard InChI is InChI=1S/C24H23Cl2N3O2S2/c25-19-6-5-15(9-20(19)26)12-29-7-8-31-17(13-29)11-27-22(30)14-32-24-28-23-18-4-2-1-3-16(18)10-21(23)33-24/h1-6,9-10,17,24H,7-8,11-14H2,(H,27,30). The SMILES string of the molecule is O=C(CSC1N=C2C(=Cc3ccccc32)S1)NCC1CN(Cc2ccc(Cl)c(Cl)c2)CCO1. The van der Waals surface area contributed by atoms with Gasteiger partial charge in [0.2, 0.25) is 5.91 Å². The number of thioether (sulfide) groups is 2. The van der Waals surface area contributed by atoms with Crippen LogP contribution >= 0.6 is 46.7 Å². The Labute approximate surface area is 211 Å². The van der Waals surface area contributed by atoms with Gasteiger partial charge in [0.15, 0.2) is 0 Å². The molecule has 1 saturated heterocycles. The molecular formula is C24H23Cl2N3O2S2. The molecule has 2 atom stereocenters. The summed E-state index contributed by atoms with van der Waals surface area (Å²) in [6.45, 7) is 3.52. The number of aliphatic imine (C=N–C) groups is 1. The molecule has 0 spiro atoms.